The molecular weight excluding hydrogens is 282 g/mol. The van der Waals surface area contributed by atoms with Gasteiger partial charge in [-0.05, 0) is 41.9 Å². The predicted octanol–water partition coefficient (Wildman–Crippen LogP) is 3.10. The van der Waals surface area contributed by atoms with Crippen molar-refractivity contribution in [1.29, 1.82) is 0 Å². The van der Waals surface area contributed by atoms with Crippen LogP contribution in [0.4, 0.5) is 0 Å². The van der Waals surface area contributed by atoms with Crippen LogP contribution in [0.25, 0.3) is 11.4 Å². The maximum absolute atomic E-state index is 11.0. The number of rotatable bonds is 3. The highest BCUT2D eigenvalue weighted by atomic mass is 79.9. The molecule has 4 nitrogen and oxygen atoms in total. The average Bonchev–Trinajstić information content (AvgIpc) is 2.74. The summed E-state index contributed by atoms with van der Waals surface area (Å²) < 4.78 is 2.67. The number of halogens is 1. The van der Waals surface area contributed by atoms with Gasteiger partial charge in [0.05, 0.1) is 11.3 Å². The molecule has 0 amide bonds. The lowest BCUT2D eigenvalue weighted by atomic mass is 10.2. The van der Waals surface area contributed by atoms with Crippen molar-refractivity contribution in [2.75, 3.05) is 0 Å². The molecule has 0 atom stereocenters. The third kappa shape index (κ3) is 2.44. The first-order valence-electron chi connectivity index (χ1n) is 5.28. The van der Waals surface area contributed by atoms with Gasteiger partial charge in [-0.3, -0.25) is 14.5 Å². The molecule has 0 fully saturated rings. The van der Waals surface area contributed by atoms with Gasteiger partial charge in [0.1, 0.15) is 5.69 Å². The van der Waals surface area contributed by atoms with Gasteiger partial charge < -0.3 is 0 Å². The maximum atomic E-state index is 11.0. The molecule has 0 bridgehead atoms. The van der Waals surface area contributed by atoms with Crippen LogP contribution >= 0.6 is 15.9 Å². The molecule has 5 heteroatoms. The summed E-state index contributed by atoms with van der Waals surface area (Å²) in [6.45, 7) is 4.03. The second kappa shape index (κ2) is 4.79. The highest BCUT2D eigenvalue weighted by Gasteiger charge is 2.12. The van der Waals surface area contributed by atoms with E-state index >= 15 is 0 Å². The van der Waals surface area contributed by atoms with Crippen LogP contribution in [0, 0.1) is 0 Å². The highest BCUT2D eigenvalue weighted by Crippen LogP contribution is 2.21. The van der Waals surface area contributed by atoms with Crippen LogP contribution in [0.15, 0.2) is 29.0 Å². The first kappa shape index (κ1) is 12.0. The zero-order chi connectivity index (χ0) is 12.4. The first-order chi connectivity index (χ1) is 8.11. The minimum atomic E-state index is 0.220. The van der Waals surface area contributed by atoms with Crippen molar-refractivity contribution < 1.29 is 4.79 Å². The van der Waals surface area contributed by atoms with Crippen molar-refractivity contribution in [3.8, 4) is 11.4 Å². The number of hydrogen-bond donors (Lipinski definition) is 0. The lowest BCUT2D eigenvalue weighted by Crippen LogP contribution is -2.00. The molecule has 2 heterocycles. The summed E-state index contributed by atoms with van der Waals surface area (Å²) >= 11 is 3.32. The number of aromatic nitrogens is 3. The average molecular weight is 294 g/mol. The Hall–Kier alpha value is -1.49. The van der Waals surface area contributed by atoms with Crippen LogP contribution in [0.5, 0.6) is 0 Å². The summed E-state index contributed by atoms with van der Waals surface area (Å²) in [7, 11) is 0. The molecule has 0 aliphatic rings. The van der Waals surface area contributed by atoms with Crippen LogP contribution in [-0.2, 0) is 0 Å². The van der Waals surface area contributed by atoms with E-state index in [0.717, 1.165) is 10.8 Å². The molecule has 0 saturated carbocycles. The monoisotopic (exact) mass is 293 g/mol. The molecular formula is C12H12BrN3O. The summed E-state index contributed by atoms with van der Waals surface area (Å²) in [6, 6.07) is 3.94. The number of aldehydes is 1. The molecule has 0 unspecified atom stereocenters. The quantitative estimate of drug-likeness (QED) is 0.817. The molecule has 0 spiro atoms. The number of carbonyl (C=O) groups excluding carboxylic acids is 1. The van der Waals surface area contributed by atoms with Crippen LogP contribution in [0.2, 0.25) is 0 Å². The van der Waals surface area contributed by atoms with E-state index in [0.29, 0.717) is 17.0 Å². The second-order valence-corrected chi connectivity index (χ2v) is 4.90. The third-order valence-electron chi connectivity index (χ3n) is 2.39. The van der Waals surface area contributed by atoms with Gasteiger partial charge in [-0.1, -0.05) is 0 Å². The molecule has 0 radical (unpaired) electrons. The third-order valence-corrected chi connectivity index (χ3v) is 2.86. The lowest BCUT2D eigenvalue weighted by Gasteiger charge is -2.03. The van der Waals surface area contributed by atoms with Gasteiger partial charge in [-0.15, -0.1) is 0 Å². The molecule has 0 aliphatic heterocycles. The second-order valence-electron chi connectivity index (χ2n) is 3.99. The Bertz CT molecular complexity index is 531. The fourth-order valence-corrected chi connectivity index (χ4v) is 1.71. The molecule has 0 aromatic carbocycles. The Kier molecular flexibility index (Phi) is 3.38. The molecule has 88 valence electrons. The van der Waals surface area contributed by atoms with Gasteiger partial charge in [0.15, 0.2) is 6.29 Å². The summed E-state index contributed by atoms with van der Waals surface area (Å²) in [5.74, 6) is 0. The lowest BCUT2D eigenvalue weighted by molar-refractivity contribution is 0.112. The number of carbonyl (C=O) groups is 1. The van der Waals surface area contributed by atoms with Crippen molar-refractivity contribution >= 4 is 22.2 Å². The van der Waals surface area contributed by atoms with Crippen molar-refractivity contribution in [2.45, 2.75) is 19.9 Å². The van der Waals surface area contributed by atoms with Gasteiger partial charge >= 0.3 is 0 Å². The number of nitrogens with zero attached hydrogens (tertiary/aromatic N) is 3. The minimum absolute atomic E-state index is 0.220. The molecule has 2 rings (SSSR count). The fraction of sp³-hybridized carbons (Fsp3) is 0.250. The zero-order valence-corrected chi connectivity index (χ0v) is 11.2. The topological polar surface area (TPSA) is 47.8 Å². The van der Waals surface area contributed by atoms with E-state index in [9.17, 15) is 4.79 Å². The zero-order valence-electron chi connectivity index (χ0n) is 9.59. The standard InChI is InChI=1S/C12H12BrN3O/c1-8(2)16-6-9(7-17)12(15-16)11-4-3-10(13)5-14-11/h3-8H,1-2H3. The van der Waals surface area contributed by atoms with E-state index in [1.54, 1.807) is 17.1 Å². The normalized spacial score (nSPS) is 10.8. The van der Waals surface area contributed by atoms with E-state index in [4.69, 9.17) is 0 Å². The van der Waals surface area contributed by atoms with Crippen molar-refractivity contribution in [3.63, 3.8) is 0 Å². The van der Waals surface area contributed by atoms with Gasteiger partial charge in [0.25, 0.3) is 0 Å². The smallest absolute Gasteiger partial charge is 0.153 e. The Morgan fingerprint density at radius 1 is 1.41 bits per heavy atom. The summed E-state index contributed by atoms with van der Waals surface area (Å²) in [5, 5.41) is 4.39. The predicted molar refractivity (Wildman–Crippen MR) is 68.9 cm³/mol. The molecule has 0 aliphatic carbocycles. The highest BCUT2D eigenvalue weighted by molar-refractivity contribution is 9.10. The van der Waals surface area contributed by atoms with Gasteiger partial charge in [-0.2, -0.15) is 5.10 Å². The first-order valence-corrected chi connectivity index (χ1v) is 6.07. The number of hydrogen-bond acceptors (Lipinski definition) is 3. The Morgan fingerprint density at radius 2 is 2.18 bits per heavy atom. The minimum Gasteiger partial charge on any atom is -0.298 e. The van der Waals surface area contributed by atoms with E-state index < -0.39 is 0 Å². The van der Waals surface area contributed by atoms with Gasteiger partial charge in [-0.25, -0.2) is 0 Å². The van der Waals surface area contributed by atoms with Crippen LogP contribution in [-0.4, -0.2) is 21.1 Å². The van der Waals surface area contributed by atoms with Gasteiger partial charge in [0, 0.05) is 22.9 Å². The van der Waals surface area contributed by atoms with Crippen LogP contribution in [0.1, 0.15) is 30.2 Å². The fourth-order valence-electron chi connectivity index (χ4n) is 1.47. The van der Waals surface area contributed by atoms with E-state index in [1.807, 2.05) is 26.0 Å². The summed E-state index contributed by atoms with van der Waals surface area (Å²) in [6.07, 6.45) is 4.25. The molecule has 2 aromatic heterocycles. The van der Waals surface area contributed by atoms with Crippen molar-refractivity contribution in [3.05, 3.63) is 34.6 Å². The molecule has 0 saturated heterocycles. The van der Waals surface area contributed by atoms with E-state index in [2.05, 4.69) is 26.0 Å². The largest absolute Gasteiger partial charge is 0.298 e. The Balaban J connectivity index is 2.50. The number of pyridine rings is 1. The van der Waals surface area contributed by atoms with Crippen LogP contribution in [0.3, 0.4) is 0 Å². The van der Waals surface area contributed by atoms with E-state index in [-0.39, 0.29) is 6.04 Å². The molecule has 2 aromatic rings. The van der Waals surface area contributed by atoms with Crippen LogP contribution < -0.4 is 0 Å². The van der Waals surface area contributed by atoms with Crippen molar-refractivity contribution in [1.82, 2.24) is 14.8 Å². The Labute approximate surface area is 108 Å². The Morgan fingerprint density at radius 3 is 2.71 bits per heavy atom. The SMILES string of the molecule is CC(C)n1cc(C=O)c(-c2ccc(Br)cn2)n1. The molecule has 17 heavy (non-hydrogen) atoms. The summed E-state index contributed by atoms with van der Waals surface area (Å²) in [4.78, 5) is 15.3. The van der Waals surface area contributed by atoms with Crippen molar-refractivity contribution in [2.24, 2.45) is 0 Å². The van der Waals surface area contributed by atoms with Gasteiger partial charge in [0.2, 0.25) is 0 Å². The summed E-state index contributed by atoms with van der Waals surface area (Å²) in [5.41, 5.74) is 1.89. The molecule has 0 N–H and O–H groups in total. The maximum Gasteiger partial charge on any atom is 0.153 e. The van der Waals surface area contributed by atoms with E-state index in [1.165, 1.54) is 0 Å².